The monoisotopic (exact) mass is 141 g/mol. The van der Waals surface area contributed by atoms with Gasteiger partial charge in [0.2, 0.25) is 0 Å². The zero-order valence-corrected chi connectivity index (χ0v) is 6.09. The Balaban J connectivity index is 2.50. The van der Waals surface area contributed by atoms with E-state index in [9.17, 15) is 0 Å². The molecule has 0 saturated carbocycles. The summed E-state index contributed by atoms with van der Waals surface area (Å²) in [6, 6.07) is 0. The first-order chi connectivity index (χ1) is 4.86. The van der Waals surface area contributed by atoms with Crippen LogP contribution in [-0.4, -0.2) is 26.7 Å². The molecule has 0 fully saturated rings. The Hall–Kier alpha value is -1.03. The predicted octanol–water partition coefficient (Wildman–Crippen LogP) is -0.349. The molecule has 0 aromatic rings. The van der Waals surface area contributed by atoms with Gasteiger partial charge in [-0.05, 0) is 7.05 Å². The summed E-state index contributed by atoms with van der Waals surface area (Å²) >= 11 is 0. The van der Waals surface area contributed by atoms with Crippen molar-refractivity contribution in [2.45, 2.75) is 6.29 Å². The minimum absolute atomic E-state index is 0.0556. The molecule has 0 radical (unpaired) electrons. The number of hydrogen-bond donors (Lipinski definition) is 2. The van der Waals surface area contributed by atoms with Crippen molar-refractivity contribution in [1.29, 1.82) is 0 Å². The number of allylic oxidation sites excluding steroid dienone is 1. The SMILES string of the molecule is CNC1N=CC=C(OC)N1. The molecule has 0 aromatic heterocycles. The summed E-state index contributed by atoms with van der Waals surface area (Å²) in [5.74, 6) is 0.731. The molecule has 0 saturated heterocycles. The van der Waals surface area contributed by atoms with Gasteiger partial charge < -0.3 is 10.1 Å². The third kappa shape index (κ3) is 1.48. The summed E-state index contributed by atoms with van der Waals surface area (Å²) in [6.07, 6.45) is 3.42. The van der Waals surface area contributed by atoms with E-state index in [1.54, 1.807) is 19.4 Å². The first-order valence-electron chi connectivity index (χ1n) is 3.08. The van der Waals surface area contributed by atoms with Crippen LogP contribution in [0, 0.1) is 0 Å². The Bertz CT molecular complexity index is 164. The highest BCUT2D eigenvalue weighted by atomic mass is 16.5. The van der Waals surface area contributed by atoms with Crippen molar-refractivity contribution in [3.63, 3.8) is 0 Å². The van der Waals surface area contributed by atoms with Crippen molar-refractivity contribution in [2.24, 2.45) is 4.99 Å². The zero-order valence-electron chi connectivity index (χ0n) is 6.09. The van der Waals surface area contributed by atoms with Gasteiger partial charge in [-0.1, -0.05) is 0 Å². The highest BCUT2D eigenvalue weighted by Gasteiger charge is 2.06. The predicted molar refractivity (Wildman–Crippen MR) is 39.6 cm³/mol. The highest BCUT2D eigenvalue weighted by Crippen LogP contribution is 1.95. The van der Waals surface area contributed by atoms with Gasteiger partial charge in [-0.3, -0.25) is 10.3 Å². The number of ether oxygens (including phenoxy) is 1. The van der Waals surface area contributed by atoms with Gasteiger partial charge in [0.15, 0.2) is 12.2 Å². The number of aliphatic imine (C=N–C) groups is 1. The molecule has 1 heterocycles. The second-order valence-corrected chi connectivity index (χ2v) is 1.87. The minimum atomic E-state index is -0.0556. The van der Waals surface area contributed by atoms with Crippen LogP contribution in [0.25, 0.3) is 0 Å². The third-order valence-electron chi connectivity index (χ3n) is 1.23. The number of nitrogens with zero attached hydrogens (tertiary/aromatic N) is 1. The van der Waals surface area contributed by atoms with Gasteiger partial charge in [-0.2, -0.15) is 0 Å². The van der Waals surface area contributed by atoms with Gasteiger partial charge in [-0.25, -0.2) is 0 Å². The summed E-state index contributed by atoms with van der Waals surface area (Å²) in [4.78, 5) is 4.04. The maximum absolute atomic E-state index is 4.94. The smallest absolute Gasteiger partial charge is 0.190 e. The number of rotatable bonds is 2. The normalized spacial score (nSPS) is 23.4. The average Bonchev–Trinajstić information content (AvgIpc) is 2.05. The Morgan fingerprint density at radius 2 is 2.60 bits per heavy atom. The molecule has 2 N–H and O–H groups in total. The summed E-state index contributed by atoms with van der Waals surface area (Å²) in [7, 11) is 3.44. The molecule has 4 nitrogen and oxygen atoms in total. The molecule has 1 aliphatic heterocycles. The molecule has 0 aliphatic carbocycles. The minimum Gasteiger partial charge on any atom is -0.482 e. The molecule has 0 bridgehead atoms. The van der Waals surface area contributed by atoms with E-state index in [1.807, 2.05) is 7.05 Å². The lowest BCUT2D eigenvalue weighted by atomic mass is 10.5. The van der Waals surface area contributed by atoms with E-state index in [2.05, 4.69) is 15.6 Å². The van der Waals surface area contributed by atoms with Crippen LogP contribution in [0.4, 0.5) is 0 Å². The molecule has 1 atom stereocenters. The second kappa shape index (κ2) is 3.22. The van der Waals surface area contributed by atoms with Crippen LogP contribution >= 0.6 is 0 Å². The summed E-state index contributed by atoms with van der Waals surface area (Å²) in [5.41, 5.74) is 0. The standard InChI is InChI=1S/C6H11N3O/c1-7-6-8-4-3-5(9-6)10-2/h3-4,6-7,9H,1-2H3. The van der Waals surface area contributed by atoms with Crippen LogP contribution in [0.2, 0.25) is 0 Å². The van der Waals surface area contributed by atoms with Gasteiger partial charge in [-0.15, -0.1) is 0 Å². The number of methoxy groups -OCH3 is 1. The Kier molecular flexibility index (Phi) is 2.28. The molecule has 0 amide bonds. The lowest BCUT2D eigenvalue weighted by molar-refractivity contribution is 0.243. The fraction of sp³-hybridized carbons (Fsp3) is 0.500. The molecule has 10 heavy (non-hydrogen) atoms. The van der Waals surface area contributed by atoms with Crippen molar-refractivity contribution in [2.75, 3.05) is 14.2 Å². The van der Waals surface area contributed by atoms with Crippen molar-refractivity contribution in [3.8, 4) is 0 Å². The van der Waals surface area contributed by atoms with Crippen molar-refractivity contribution in [3.05, 3.63) is 12.0 Å². The van der Waals surface area contributed by atoms with Crippen LogP contribution in [0.1, 0.15) is 0 Å². The first kappa shape index (κ1) is 7.08. The van der Waals surface area contributed by atoms with Crippen LogP contribution in [-0.2, 0) is 4.74 Å². The van der Waals surface area contributed by atoms with Crippen molar-refractivity contribution < 1.29 is 4.74 Å². The number of nitrogens with one attached hydrogen (secondary N) is 2. The summed E-state index contributed by atoms with van der Waals surface area (Å²) < 4.78 is 4.94. The summed E-state index contributed by atoms with van der Waals surface area (Å²) in [6.45, 7) is 0. The van der Waals surface area contributed by atoms with Gasteiger partial charge in [0, 0.05) is 12.3 Å². The van der Waals surface area contributed by atoms with Crippen molar-refractivity contribution >= 4 is 6.21 Å². The van der Waals surface area contributed by atoms with Gasteiger partial charge in [0.05, 0.1) is 7.11 Å². The number of hydrogen-bond acceptors (Lipinski definition) is 4. The zero-order chi connectivity index (χ0) is 7.40. The lowest BCUT2D eigenvalue weighted by Gasteiger charge is -2.18. The molecular formula is C6H11N3O. The van der Waals surface area contributed by atoms with Crippen molar-refractivity contribution in [1.82, 2.24) is 10.6 Å². The van der Waals surface area contributed by atoms with E-state index in [-0.39, 0.29) is 6.29 Å². The third-order valence-corrected chi connectivity index (χ3v) is 1.23. The van der Waals surface area contributed by atoms with Crippen LogP contribution in [0.15, 0.2) is 17.0 Å². The maximum atomic E-state index is 4.94. The molecule has 0 aromatic carbocycles. The molecule has 0 spiro atoms. The molecule has 1 aliphatic rings. The molecule has 1 unspecified atom stereocenters. The largest absolute Gasteiger partial charge is 0.482 e. The maximum Gasteiger partial charge on any atom is 0.190 e. The van der Waals surface area contributed by atoms with Crippen LogP contribution < -0.4 is 10.6 Å². The van der Waals surface area contributed by atoms with E-state index >= 15 is 0 Å². The Morgan fingerprint density at radius 3 is 3.20 bits per heavy atom. The summed E-state index contributed by atoms with van der Waals surface area (Å²) in [5, 5.41) is 5.92. The van der Waals surface area contributed by atoms with Gasteiger partial charge >= 0.3 is 0 Å². The molecule has 1 rings (SSSR count). The Labute approximate surface area is 60.0 Å². The highest BCUT2D eigenvalue weighted by molar-refractivity contribution is 5.72. The first-order valence-corrected chi connectivity index (χ1v) is 3.08. The van der Waals surface area contributed by atoms with Gasteiger partial charge in [0.1, 0.15) is 0 Å². The van der Waals surface area contributed by atoms with E-state index in [0.717, 1.165) is 5.88 Å². The average molecular weight is 141 g/mol. The lowest BCUT2D eigenvalue weighted by Crippen LogP contribution is -2.40. The topological polar surface area (TPSA) is 45.7 Å². The fourth-order valence-corrected chi connectivity index (χ4v) is 0.691. The van der Waals surface area contributed by atoms with E-state index in [4.69, 9.17) is 4.74 Å². The molecule has 4 heteroatoms. The quantitative estimate of drug-likeness (QED) is 0.552. The molecule has 56 valence electrons. The van der Waals surface area contributed by atoms with Gasteiger partial charge in [0.25, 0.3) is 0 Å². The Morgan fingerprint density at radius 1 is 1.80 bits per heavy atom. The van der Waals surface area contributed by atoms with E-state index < -0.39 is 0 Å². The van der Waals surface area contributed by atoms with Crippen LogP contribution in [0.5, 0.6) is 0 Å². The molecular weight excluding hydrogens is 130 g/mol. The second-order valence-electron chi connectivity index (χ2n) is 1.87. The van der Waals surface area contributed by atoms with E-state index in [0.29, 0.717) is 0 Å². The van der Waals surface area contributed by atoms with E-state index in [1.165, 1.54) is 0 Å². The van der Waals surface area contributed by atoms with Crippen LogP contribution in [0.3, 0.4) is 0 Å². The fourth-order valence-electron chi connectivity index (χ4n) is 0.691.